The molecule has 4 rings (SSSR count). The van der Waals surface area contributed by atoms with Crippen molar-refractivity contribution in [1.29, 1.82) is 0 Å². The van der Waals surface area contributed by atoms with Crippen molar-refractivity contribution < 1.29 is 14.3 Å². The SMILES string of the molecule is O=C1NC[C@H](C(=O)N2CCC3(CC2)CC(c2ccccc2)C3)CCCO1. The number of ether oxygens (including phenoxy) is 1. The van der Waals surface area contributed by atoms with E-state index in [1.807, 2.05) is 4.90 Å². The molecule has 1 aromatic carbocycles. The number of benzene rings is 1. The van der Waals surface area contributed by atoms with Gasteiger partial charge in [0.05, 0.1) is 12.5 Å². The number of piperidine rings is 1. The second-order valence-corrected chi connectivity index (χ2v) is 8.20. The van der Waals surface area contributed by atoms with Crippen molar-refractivity contribution >= 4 is 12.0 Å². The van der Waals surface area contributed by atoms with Crippen LogP contribution in [0.5, 0.6) is 0 Å². The van der Waals surface area contributed by atoms with Gasteiger partial charge in [0.1, 0.15) is 0 Å². The average molecular weight is 356 g/mol. The number of carbonyl (C=O) groups is 2. The second kappa shape index (κ2) is 7.29. The molecular weight excluding hydrogens is 328 g/mol. The van der Waals surface area contributed by atoms with E-state index < -0.39 is 6.09 Å². The molecule has 2 heterocycles. The fourth-order valence-corrected chi connectivity index (χ4v) is 4.88. The number of hydrogen-bond acceptors (Lipinski definition) is 3. The zero-order chi connectivity index (χ0) is 18.0. The Bertz CT molecular complexity index is 644. The summed E-state index contributed by atoms with van der Waals surface area (Å²) in [4.78, 5) is 26.3. The molecule has 3 fully saturated rings. The quantitative estimate of drug-likeness (QED) is 0.884. The number of amides is 2. The molecule has 0 bridgehead atoms. The van der Waals surface area contributed by atoms with Gasteiger partial charge in [-0.1, -0.05) is 30.3 Å². The molecule has 1 aliphatic carbocycles. The lowest BCUT2D eigenvalue weighted by Crippen LogP contribution is -2.50. The van der Waals surface area contributed by atoms with Crippen molar-refractivity contribution in [2.75, 3.05) is 26.2 Å². The minimum atomic E-state index is -0.401. The van der Waals surface area contributed by atoms with Crippen LogP contribution in [-0.2, 0) is 9.53 Å². The molecule has 1 aromatic rings. The van der Waals surface area contributed by atoms with E-state index in [0.29, 0.717) is 24.5 Å². The van der Waals surface area contributed by atoms with Gasteiger partial charge in [-0.15, -0.1) is 0 Å². The molecule has 2 amide bonds. The standard InChI is InChI=1S/C21H28N2O3/c24-19(17-7-4-12-26-20(25)22-15-17)23-10-8-21(9-11-23)13-18(14-21)16-5-2-1-3-6-16/h1-3,5-6,17-18H,4,7-15H2,(H,22,25)/t17-/m1/s1. The van der Waals surface area contributed by atoms with Crippen LogP contribution in [0, 0.1) is 11.3 Å². The number of nitrogens with one attached hydrogen (secondary N) is 1. The average Bonchev–Trinajstić information content (AvgIpc) is 2.63. The Morgan fingerprint density at radius 1 is 1.15 bits per heavy atom. The van der Waals surface area contributed by atoms with Crippen molar-refractivity contribution in [2.24, 2.45) is 11.3 Å². The first kappa shape index (κ1) is 17.4. The lowest BCUT2D eigenvalue weighted by Gasteiger charge is -2.53. The minimum absolute atomic E-state index is 0.102. The zero-order valence-electron chi connectivity index (χ0n) is 15.3. The summed E-state index contributed by atoms with van der Waals surface area (Å²) in [6, 6.07) is 10.8. The fraction of sp³-hybridized carbons (Fsp3) is 0.619. The Morgan fingerprint density at radius 3 is 2.62 bits per heavy atom. The van der Waals surface area contributed by atoms with Crippen molar-refractivity contribution in [2.45, 2.75) is 44.4 Å². The summed E-state index contributed by atoms with van der Waals surface area (Å²) in [7, 11) is 0. The fourth-order valence-electron chi connectivity index (χ4n) is 4.88. The highest BCUT2D eigenvalue weighted by Crippen LogP contribution is 2.56. The first-order chi connectivity index (χ1) is 12.7. The van der Waals surface area contributed by atoms with E-state index in [1.54, 1.807) is 0 Å². The highest BCUT2D eigenvalue weighted by Gasteiger charge is 2.46. The number of rotatable bonds is 2. The first-order valence-corrected chi connectivity index (χ1v) is 9.90. The summed E-state index contributed by atoms with van der Waals surface area (Å²) in [5.41, 5.74) is 1.91. The number of cyclic esters (lactones) is 1. The molecule has 1 spiro atoms. The van der Waals surface area contributed by atoms with Gasteiger partial charge in [0, 0.05) is 19.6 Å². The largest absolute Gasteiger partial charge is 0.450 e. The van der Waals surface area contributed by atoms with Crippen LogP contribution in [0.1, 0.15) is 50.0 Å². The normalized spacial score (nSPS) is 26.2. The summed E-state index contributed by atoms with van der Waals surface area (Å²) in [5.74, 6) is 0.801. The molecule has 0 radical (unpaired) electrons. The number of likely N-dealkylation sites (tertiary alicyclic amines) is 1. The molecular formula is C21H28N2O3. The Labute approximate surface area is 155 Å². The van der Waals surface area contributed by atoms with Crippen LogP contribution in [0.25, 0.3) is 0 Å². The Balaban J connectivity index is 1.28. The molecule has 140 valence electrons. The van der Waals surface area contributed by atoms with Crippen molar-refractivity contribution in [3.8, 4) is 0 Å². The minimum Gasteiger partial charge on any atom is -0.450 e. The van der Waals surface area contributed by atoms with Gasteiger partial charge in [-0.2, -0.15) is 0 Å². The van der Waals surface area contributed by atoms with Crippen molar-refractivity contribution in [1.82, 2.24) is 10.2 Å². The van der Waals surface area contributed by atoms with E-state index >= 15 is 0 Å². The van der Waals surface area contributed by atoms with E-state index in [0.717, 1.165) is 38.8 Å². The monoisotopic (exact) mass is 356 g/mol. The molecule has 1 saturated carbocycles. The van der Waals surface area contributed by atoms with Gasteiger partial charge in [-0.05, 0) is 55.4 Å². The highest BCUT2D eigenvalue weighted by molar-refractivity contribution is 5.80. The van der Waals surface area contributed by atoms with Gasteiger partial charge >= 0.3 is 6.09 Å². The summed E-state index contributed by atoms with van der Waals surface area (Å²) in [6.45, 7) is 2.53. The molecule has 3 aliphatic rings. The third kappa shape index (κ3) is 3.57. The maximum absolute atomic E-state index is 12.9. The van der Waals surface area contributed by atoms with Gasteiger partial charge < -0.3 is 15.0 Å². The third-order valence-corrected chi connectivity index (χ3v) is 6.54. The Morgan fingerprint density at radius 2 is 1.88 bits per heavy atom. The molecule has 26 heavy (non-hydrogen) atoms. The molecule has 5 nitrogen and oxygen atoms in total. The number of hydrogen-bond donors (Lipinski definition) is 1. The topological polar surface area (TPSA) is 58.6 Å². The highest BCUT2D eigenvalue weighted by atomic mass is 16.5. The van der Waals surface area contributed by atoms with Crippen LogP contribution < -0.4 is 5.32 Å². The van der Waals surface area contributed by atoms with Crippen LogP contribution >= 0.6 is 0 Å². The molecule has 0 unspecified atom stereocenters. The van der Waals surface area contributed by atoms with Crippen molar-refractivity contribution in [3.05, 3.63) is 35.9 Å². The third-order valence-electron chi connectivity index (χ3n) is 6.54. The summed E-state index contributed by atoms with van der Waals surface area (Å²) in [5, 5.41) is 2.71. The van der Waals surface area contributed by atoms with Crippen LogP contribution in [0.4, 0.5) is 4.79 Å². The number of nitrogens with zero attached hydrogens (tertiary/aromatic N) is 1. The smallest absolute Gasteiger partial charge is 0.407 e. The molecule has 5 heteroatoms. The van der Waals surface area contributed by atoms with Crippen LogP contribution in [-0.4, -0.2) is 43.1 Å². The van der Waals surface area contributed by atoms with E-state index in [1.165, 1.54) is 18.4 Å². The van der Waals surface area contributed by atoms with E-state index in [2.05, 4.69) is 35.6 Å². The molecule has 0 aromatic heterocycles. The zero-order valence-corrected chi connectivity index (χ0v) is 15.3. The molecule has 2 saturated heterocycles. The summed E-state index contributed by atoms with van der Waals surface area (Å²) < 4.78 is 4.98. The van der Waals surface area contributed by atoms with Gasteiger partial charge in [-0.3, -0.25) is 4.79 Å². The maximum Gasteiger partial charge on any atom is 0.407 e. The van der Waals surface area contributed by atoms with Crippen LogP contribution in [0.15, 0.2) is 30.3 Å². The predicted octanol–water partition coefficient (Wildman–Crippen LogP) is 3.31. The second-order valence-electron chi connectivity index (χ2n) is 8.20. The van der Waals surface area contributed by atoms with Gasteiger partial charge in [0.2, 0.25) is 5.91 Å². The lowest BCUT2D eigenvalue weighted by atomic mass is 9.56. The first-order valence-electron chi connectivity index (χ1n) is 9.90. The maximum atomic E-state index is 12.9. The van der Waals surface area contributed by atoms with E-state index in [4.69, 9.17) is 4.74 Å². The molecule has 2 aliphatic heterocycles. The van der Waals surface area contributed by atoms with E-state index in [9.17, 15) is 9.59 Å². The molecule has 1 N–H and O–H groups in total. The summed E-state index contributed by atoms with van der Waals surface area (Å²) >= 11 is 0. The predicted molar refractivity (Wildman–Crippen MR) is 98.7 cm³/mol. The lowest BCUT2D eigenvalue weighted by molar-refractivity contribution is -0.139. The Kier molecular flexibility index (Phi) is 4.88. The van der Waals surface area contributed by atoms with E-state index in [-0.39, 0.29) is 11.8 Å². The summed E-state index contributed by atoms with van der Waals surface area (Å²) in [6.07, 6.45) is 5.90. The van der Waals surface area contributed by atoms with Gasteiger partial charge in [-0.25, -0.2) is 4.79 Å². The van der Waals surface area contributed by atoms with Crippen LogP contribution in [0.3, 0.4) is 0 Å². The van der Waals surface area contributed by atoms with Gasteiger partial charge in [0.15, 0.2) is 0 Å². The molecule has 1 atom stereocenters. The van der Waals surface area contributed by atoms with Crippen molar-refractivity contribution in [3.63, 3.8) is 0 Å². The van der Waals surface area contributed by atoms with Gasteiger partial charge in [0.25, 0.3) is 0 Å². The Hall–Kier alpha value is -2.04. The number of carbonyl (C=O) groups excluding carboxylic acids is 2. The number of alkyl carbamates (subject to hydrolysis) is 1. The van der Waals surface area contributed by atoms with Crippen LogP contribution in [0.2, 0.25) is 0 Å².